The van der Waals surface area contributed by atoms with Crippen LogP contribution in [0.1, 0.15) is 13.0 Å². The highest BCUT2D eigenvalue weighted by molar-refractivity contribution is 5.19. The van der Waals surface area contributed by atoms with Gasteiger partial charge in [-0.15, -0.1) is 5.10 Å². The highest BCUT2D eigenvalue weighted by atomic mass is 16.5. The normalized spacial score (nSPS) is 13.3. The Morgan fingerprint density at radius 2 is 2.55 bits per heavy atom. The van der Waals surface area contributed by atoms with Crippen LogP contribution in [0.25, 0.3) is 0 Å². The van der Waals surface area contributed by atoms with E-state index in [9.17, 15) is 0 Å². The van der Waals surface area contributed by atoms with Gasteiger partial charge in [0.2, 0.25) is 0 Å². The molecule has 2 N–H and O–H groups in total. The van der Waals surface area contributed by atoms with Crippen molar-refractivity contribution in [2.75, 3.05) is 19.5 Å². The van der Waals surface area contributed by atoms with Crippen LogP contribution in [0.2, 0.25) is 0 Å². The first-order valence-corrected chi connectivity index (χ1v) is 3.40. The van der Waals surface area contributed by atoms with Crippen LogP contribution >= 0.6 is 0 Å². The molecule has 5 heteroatoms. The van der Waals surface area contributed by atoms with Crippen LogP contribution in [0.15, 0.2) is 6.20 Å². The van der Waals surface area contributed by atoms with E-state index in [1.807, 2.05) is 6.92 Å². The van der Waals surface area contributed by atoms with Crippen molar-refractivity contribution in [2.45, 2.75) is 13.0 Å². The minimum absolute atomic E-state index is 0.185. The van der Waals surface area contributed by atoms with Crippen LogP contribution in [-0.2, 0) is 4.74 Å². The van der Waals surface area contributed by atoms with Gasteiger partial charge in [-0.2, -0.15) is 0 Å². The van der Waals surface area contributed by atoms with Crippen LogP contribution in [-0.4, -0.2) is 28.7 Å². The molecule has 0 aliphatic carbocycles. The van der Waals surface area contributed by atoms with Gasteiger partial charge in [-0.1, -0.05) is 5.21 Å². The van der Waals surface area contributed by atoms with Gasteiger partial charge >= 0.3 is 0 Å². The lowest BCUT2D eigenvalue weighted by Gasteiger charge is -2.08. The van der Waals surface area contributed by atoms with Crippen LogP contribution < -0.4 is 5.73 Å². The molecule has 0 fully saturated rings. The van der Waals surface area contributed by atoms with E-state index in [-0.39, 0.29) is 6.04 Å². The highest BCUT2D eigenvalue weighted by Gasteiger charge is 2.04. The van der Waals surface area contributed by atoms with Crippen molar-refractivity contribution in [3.05, 3.63) is 6.20 Å². The molecule has 0 saturated heterocycles. The Kier molecular flexibility index (Phi) is 2.43. The summed E-state index contributed by atoms with van der Waals surface area (Å²) >= 11 is 0. The van der Waals surface area contributed by atoms with Crippen molar-refractivity contribution in [3.8, 4) is 0 Å². The Labute approximate surface area is 65.1 Å². The Bertz CT molecular complexity index is 222. The van der Waals surface area contributed by atoms with E-state index in [2.05, 4.69) is 10.3 Å². The van der Waals surface area contributed by atoms with Crippen molar-refractivity contribution in [2.24, 2.45) is 0 Å². The van der Waals surface area contributed by atoms with Crippen molar-refractivity contribution < 1.29 is 4.74 Å². The van der Waals surface area contributed by atoms with E-state index < -0.39 is 0 Å². The molecule has 1 atom stereocenters. The standard InChI is InChI=1S/C6H12N4O/c1-5(4-11-2)10-3-6(7)8-9-10/h3,5H,4,7H2,1-2H3. The van der Waals surface area contributed by atoms with Crippen LogP contribution in [0.3, 0.4) is 0 Å². The van der Waals surface area contributed by atoms with Gasteiger partial charge in [0.25, 0.3) is 0 Å². The van der Waals surface area contributed by atoms with Crippen LogP contribution in [0, 0.1) is 0 Å². The van der Waals surface area contributed by atoms with Crippen molar-refractivity contribution in [1.29, 1.82) is 0 Å². The molecule has 0 aliphatic rings. The lowest BCUT2D eigenvalue weighted by atomic mass is 10.4. The van der Waals surface area contributed by atoms with Gasteiger partial charge in [0.1, 0.15) is 0 Å². The molecular weight excluding hydrogens is 144 g/mol. The van der Waals surface area contributed by atoms with Crippen LogP contribution in [0.5, 0.6) is 0 Å². The summed E-state index contributed by atoms with van der Waals surface area (Å²) in [5.74, 6) is 0.438. The molecule has 1 rings (SSSR count). The Morgan fingerprint density at radius 3 is 3.00 bits per heavy atom. The molecule has 1 aromatic heterocycles. The number of anilines is 1. The molecule has 0 saturated carbocycles. The minimum Gasteiger partial charge on any atom is -0.382 e. The number of nitrogens with zero attached hydrogens (tertiary/aromatic N) is 3. The van der Waals surface area contributed by atoms with E-state index in [1.54, 1.807) is 18.0 Å². The second kappa shape index (κ2) is 3.34. The highest BCUT2D eigenvalue weighted by Crippen LogP contribution is 2.04. The summed E-state index contributed by atoms with van der Waals surface area (Å²) in [4.78, 5) is 0. The number of nitrogen functional groups attached to an aromatic ring is 1. The Hall–Kier alpha value is -1.10. The van der Waals surface area contributed by atoms with Gasteiger partial charge in [0, 0.05) is 7.11 Å². The maximum absolute atomic E-state index is 5.38. The molecule has 62 valence electrons. The molecule has 11 heavy (non-hydrogen) atoms. The van der Waals surface area contributed by atoms with Gasteiger partial charge < -0.3 is 10.5 Å². The smallest absolute Gasteiger partial charge is 0.165 e. The summed E-state index contributed by atoms with van der Waals surface area (Å²) in [6.45, 7) is 2.60. The largest absolute Gasteiger partial charge is 0.382 e. The Balaban J connectivity index is 2.60. The zero-order valence-corrected chi connectivity index (χ0v) is 6.69. The van der Waals surface area contributed by atoms with E-state index in [4.69, 9.17) is 10.5 Å². The molecule has 0 bridgehead atoms. The van der Waals surface area contributed by atoms with Gasteiger partial charge in [-0.3, -0.25) is 0 Å². The molecular formula is C6H12N4O. The summed E-state index contributed by atoms with van der Waals surface area (Å²) in [6.07, 6.45) is 1.68. The first-order valence-electron chi connectivity index (χ1n) is 3.40. The van der Waals surface area contributed by atoms with Gasteiger partial charge in [0.05, 0.1) is 18.8 Å². The van der Waals surface area contributed by atoms with E-state index in [1.165, 1.54) is 0 Å². The fourth-order valence-electron chi connectivity index (χ4n) is 0.823. The van der Waals surface area contributed by atoms with E-state index in [0.717, 1.165) is 0 Å². The molecule has 0 radical (unpaired) electrons. The quantitative estimate of drug-likeness (QED) is 0.672. The van der Waals surface area contributed by atoms with Crippen LogP contribution in [0.4, 0.5) is 5.82 Å². The molecule has 5 nitrogen and oxygen atoms in total. The SMILES string of the molecule is COCC(C)n1cc(N)nn1. The second-order valence-electron chi connectivity index (χ2n) is 2.43. The molecule has 0 aromatic carbocycles. The zero-order chi connectivity index (χ0) is 8.27. The molecule has 0 spiro atoms. The minimum atomic E-state index is 0.185. The van der Waals surface area contributed by atoms with E-state index in [0.29, 0.717) is 12.4 Å². The lowest BCUT2D eigenvalue weighted by Crippen LogP contribution is -2.11. The maximum atomic E-state index is 5.38. The number of aromatic nitrogens is 3. The number of hydrogen-bond donors (Lipinski definition) is 1. The molecule has 0 aliphatic heterocycles. The second-order valence-corrected chi connectivity index (χ2v) is 2.43. The van der Waals surface area contributed by atoms with Gasteiger partial charge in [-0.05, 0) is 6.92 Å². The average molecular weight is 156 g/mol. The Morgan fingerprint density at radius 1 is 1.82 bits per heavy atom. The molecule has 1 heterocycles. The summed E-state index contributed by atoms with van der Waals surface area (Å²) in [5, 5.41) is 7.45. The maximum Gasteiger partial charge on any atom is 0.165 e. The third-order valence-corrected chi connectivity index (χ3v) is 1.39. The summed E-state index contributed by atoms with van der Waals surface area (Å²) in [7, 11) is 1.65. The summed E-state index contributed by atoms with van der Waals surface area (Å²) in [6, 6.07) is 0.185. The zero-order valence-electron chi connectivity index (χ0n) is 6.69. The van der Waals surface area contributed by atoms with Gasteiger partial charge in [0.15, 0.2) is 5.82 Å². The fraction of sp³-hybridized carbons (Fsp3) is 0.667. The molecule has 1 aromatic rings. The number of nitrogens with two attached hydrogens (primary N) is 1. The lowest BCUT2D eigenvalue weighted by molar-refractivity contribution is 0.156. The van der Waals surface area contributed by atoms with Crippen molar-refractivity contribution in [1.82, 2.24) is 15.0 Å². The van der Waals surface area contributed by atoms with Crippen molar-refractivity contribution >= 4 is 5.82 Å². The number of hydrogen-bond acceptors (Lipinski definition) is 4. The monoisotopic (exact) mass is 156 g/mol. The predicted octanol–water partition coefficient (Wildman–Crippen LogP) is 0.0677. The first-order chi connectivity index (χ1) is 5.24. The average Bonchev–Trinajstić information content (AvgIpc) is 2.36. The predicted molar refractivity (Wildman–Crippen MR) is 41.0 cm³/mol. The third kappa shape index (κ3) is 1.91. The number of rotatable bonds is 3. The van der Waals surface area contributed by atoms with Gasteiger partial charge in [-0.25, -0.2) is 4.68 Å². The topological polar surface area (TPSA) is 66.0 Å². The fourth-order valence-corrected chi connectivity index (χ4v) is 0.823. The summed E-state index contributed by atoms with van der Waals surface area (Å²) < 4.78 is 6.62. The summed E-state index contributed by atoms with van der Waals surface area (Å²) in [5.41, 5.74) is 5.38. The van der Waals surface area contributed by atoms with E-state index >= 15 is 0 Å². The van der Waals surface area contributed by atoms with Crippen molar-refractivity contribution in [3.63, 3.8) is 0 Å². The molecule has 1 unspecified atom stereocenters. The molecule has 0 amide bonds. The number of ether oxygens (including phenoxy) is 1. The third-order valence-electron chi connectivity index (χ3n) is 1.39. The number of methoxy groups -OCH3 is 1. The first kappa shape index (κ1) is 8.00.